The van der Waals surface area contributed by atoms with Crippen molar-refractivity contribution in [2.45, 2.75) is 39.7 Å². The third-order valence-electron chi connectivity index (χ3n) is 5.22. The van der Waals surface area contributed by atoms with Crippen LogP contribution in [0.1, 0.15) is 43.8 Å². The van der Waals surface area contributed by atoms with Crippen LogP contribution < -0.4 is 4.90 Å². The fraction of sp³-hybridized carbons (Fsp3) is 0.381. The minimum Gasteiger partial charge on any atom is -0.326 e. The molecule has 0 saturated carbocycles. The number of aromatic nitrogens is 6. The average molecular weight is 477 g/mol. The fourth-order valence-corrected chi connectivity index (χ4v) is 3.94. The van der Waals surface area contributed by atoms with Gasteiger partial charge in [0, 0.05) is 19.5 Å². The maximum Gasteiger partial charge on any atom is 0.330 e. The Hall–Kier alpha value is -3.34. The lowest BCUT2D eigenvalue weighted by Gasteiger charge is -2.36. The summed E-state index contributed by atoms with van der Waals surface area (Å²) >= 11 is 6.08. The summed E-state index contributed by atoms with van der Waals surface area (Å²) in [6.07, 6.45) is 3.43. The number of hydrogen-bond acceptors (Lipinski definition) is 5. The summed E-state index contributed by atoms with van der Waals surface area (Å²) in [4.78, 5) is 25.2. The van der Waals surface area contributed by atoms with E-state index in [0.29, 0.717) is 54.7 Å². The molecule has 0 bridgehead atoms. The van der Waals surface area contributed by atoms with Crippen molar-refractivity contribution in [3.8, 4) is 0 Å². The van der Waals surface area contributed by atoms with Crippen molar-refractivity contribution in [2.24, 2.45) is 0 Å². The molecule has 9 nitrogen and oxygen atoms in total. The highest BCUT2D eigenvalue weighted by atomic mass is 35.5. The maximum absolute atomic E-state index is 13.4. The number of tetrazole rings is 1. The second-order valence-corrected chi connectivity index (χ2v) is 7.92. The molecule has 2 amide bonds. The molecular weight excluding hydrogens is 454 g/mol. The van der Waals surface area contributed by atoms with Crippen LogP contribution in [0.4, 0.5) is 19.4 Å². The number of nitrogens with zero attached hydrogens (tertiary/aromatic N) is 7. The summed E-state index contributed by atoms with van der Waals surface area (Å²) in [5, 5.41) is 12.5. The molecule has 0 saturated heterocycles. The molecule has 1 N–H and O–H groups in total. The number of imidazole rings is 1. The van der Waals surface area contributed by atoms with Crippen LogP contribution in [0.5, 0.6) is 0 Å². The number of rotatable bonds is 8. The number of urea groups is 1. The number of allylic oxidation sites excluding steroid dienone is 1. The molecule has 0 unspecified atom stereocenters. The van der Waals surface area contributed by atoms with Crippen molar-refractivity contribution in [1.29, 1.82) is 0 Å². The van der Waals surface area contributed by atoms with Crippen LogP contribution in [0, 0.1) is 11.6 Å². The maximum atomic E-state index is 13.4. The molecule has 1 aliphatic heterocycles. The fourth-order valence-electron chi connectivity index (χ4n) is 3.77. The van der Waals surface area contributed by atoms with Crippen LogP contribution in [0.25, 0.3) is 5.70 Å². The number of H-pyrrole nitrogens is 1. The van der Waals surface area contributed by atoms with Gasteiger partial charge in [0.05, 0.1) is 12.2 Å². The number of halogens is 3. The zero-order valence-electron chi connectivity index (χ0n) is 18.2. The summed E-state index contributed by atoms with van der Waals surface area (Å²) < 4.78 is 26.5. The van der Waals surface area contributed by atoms with E-state index >= 15 is 0 Å². The molecule has 3 heterocycles. The van der Waals surface area contributed by atoms with Gasteiger partial charge in [0.1, 0.15) is 5.69 Å². The number of fused-ring (bicyclic) bond motifs is 1. The molecule has 33 heavy (non-hydrogen) atoms. The Labute approximate surface area is 194 Å². The molecule has 12 heteroatoms. The highest BCUT2D eigenvalue weighted by Gasteiger charge is 2.35. The summed E-state index contributed by atoms with van der Waals surface area (Å²) in [5.74, 6) is -0.874. The summed E-state index contributed by atoms with van der Waals surface area (Å²) in [6.45, 7) is 5.22. The first-order chi connectivity index (χ1) is 15.9. The van der Waals surface area contributed by atoms with E-state index in [0.717, 1.165) is 18.6 Å². The Kier molecular flexibility index (Phi) is 6.68. The monoisotopic (exact) mass is 476 g/mol. The molecule has 1 aromatic carbocycles. The number of benzene rings is 1. The van der Waals surface area contributed by atoms with E-state index in [-0.39, 0.29) is 17.7 Å². The van der Waals surface area contributed by atoms with Crippen LogP contribution in [-0.4, -0.2) is 54.2 Å². The quantitative estimate of drug-likeness (QED) is 0.529. The van der Waals surface area contributed by atoms with Gasteiger partial charge in [-0.05, 0) is 54.3 Å². The number of nitrogens with one attached hydrogen (secondary N) is 1. The standard InChI is InChI=1S/C21H23ClF2N8O/c1-3-8-31-19-18(25-20(22)26-19)16(4-2)30(21(31)33)9-5-10-32-28-17(27-29-32)12-13-6-7-14(23)15(24)11-13/h4,6-7,11H,3,5,8-10,12H2,1-2H3,(H,25,26)/b16-4+. The molecule has 0 fully saturated rings. The number of carbonyl (C=O) groups is 1. The van der Waals surface area contributed by atoms with E-state index in [1.165, 1.54) is 10.9 Å². The molecule has 0 radical (unpaired) electrons. The van der Waals surface area contributed by atoms with Crippen LogP contribution in [-0.2, 0) is 13.0 Å². The molecule has 0 atom stereocenters. The third kappa shape index (κ3) is 4.72. The molecule has 2 aromatic heterocycles. The number of aryl methyl sites for hydroxylation is 1. The minimum absolute atomic E-state index is 0.161. The normalized spacial score (nSPS) is 14.9. The molecule has 4 rings (SSSR count). The first-order valence-electron chi connectivity index (χ1n) is 10.6. The van der Waals surface area contributed by atoms with Gasteiger partial charge >= 0.3 is 6.03 Å². The number of amides is 2. The number of carbonyl (C=O) groups excluding carboxylic acids is 1. The SMILES string of the molecule is C/C=C1\c2[nH]c(Cl)nc2N(CCC)C(=O)N1CCCn1nnc(Cc2ccc(F)c(F)c2)n1. The highest BCUT2D eigenvalue weighted by Crippen LogP contribution is 2.35. The Bertz CT molecular complexity index is 1190. The lowest BCUT2D eigenvalue weighted by atomic mass is 10.1. The third-order valence-corrected chi connectivity index (χ3v) is 5.40. The predicted octanol–water partition coefficient (Wildman–Crippen LogP) is 4.02. The van der Waals surface area contributed by atoms with Crippen molar-refractivity contribution in [1.82, 2.24) is 35.1 Å². The molecule has 174 valence electrons. The zero-order chi connectivity index (χ0) is 23.5. The van der Waals surface area contributed by atoms with Crippen LogP contribution in [0.2, 0.25) is 5.28 Å². The lowest BCUT2D eigenvalue weighted by molar-refractivity contribution is 0.221. The van der Waals surface area contributed by atoms with Crippen molar-refractivity contribution >= 4 is 29.1 Å². The summed E-state index contributed by atoms with van der Waals surface area (Å²) in [5.41, 5.74) is 1.98. The van der Waals surface area contributed by atoms with Gasteiger partial charge in [-0.2, -0.15) is 9.78 Å². The van der Waals surface area contributed by atoms with E-state index in [2.05, 4.69) is 25.4 Å². The van der Waals surface area contributed by atoms with Crippen molar-refractivity contribution in [3.63, 3.8) is 0 Å². The molecule has 0 aliphatic carbocycles. The van der Waals surface area contributed by atoms with Crippen molar-refractivity contribution < 1.29 is 13.6 Å². The summed E-state index contributed by atoms with van der Waals surface area (Å²) in [7, 11) is 0. The second-order valence-electron chi connectivity index (χ2n) is 7.57. The van der Waals surface area contributed by atoms with Gasteiger partial charge in [-0.3, -0.25) is 9.80 Å². The number of aromatic amines is 1. The van der Waals surface area contributed by atoms with Crippen LogP contribution in [0.15, 0.2) is 24.3 Å². The van der Waals surface area contributed by atoms with Crippen molar-refractivity contribution in [2.75, 3.05) is 18.0 Å². The number of hydrogen-bond donors (Lipinski definition) is 1. The second kappa shape index (κ2) is 9.65. The smallest absolute Gasteiger partial charge is 0.326 e. The van der Waals surface area contributed by atoms with Crippen molar-refractivity contribution in [3.05, 3.63) is 58.3 Å². The van der Waals surface area contributed by atoms with E-state index < -0.39 is 11.6 Å². The van der Waals surface area contributed by atoms with E-state index in [9.17, 15) is 13.6 Å². The van der Waals surface area contributed by atoms with Gasteiger partial charge in [0.15, 0.2) is 23.3 Å². The largest absolute Gasteiger partial charge is 0.330 e. The number of anilines is 1. The van der Waals surface area contributed by atoms with E-state index in [1.54, 1.807) is 9.80 Å². The molecule has 1 aliphatic rings. The highest BCUT2D eigenvalue weighted by molar-refractivity contribution is 6.28. The molecule has 3 aromatic rings. The van der Waals surface area contributed by atoms with Crippen LogP contribution in [0.3, 0.4) is 0 Å². The van der Waals surface area contributed by atoms with Gasteiger partial charge in [0.25, 0.3) is 0 Å². The zero-order valence-corrected chi connectivity index (χ0v) is 19.0. The van der Waals surface area contributed by atoms with Crippen LogP contribution >= 0.6 is 11.6 Å². The van der Waals surface area contributed by atoms with E-state index in [1.807, 2.05) is 19.9 Å². The van der Waals surface area contributed by atoms with E-state index in [4.69, 9.17) is 11.6 Å². The molecule has 0 spiro atoms. The average Bonchev–Trinajstić information content (AvgIpc) is 3.39. The Balaban J connectivity index is 1.41. The van der Waals surface area contributed by atoms with Gasteiger partial charge in [-0.15, -0.1) is 10.2 Å². The van der Waals surface area contributed by atoms with Gasteiger partial charge in [-0.1, -0.05) is 19.1 Å². The van der Waals surface area contributed by atoms with Gasteiger partial charge in [0.2, 0.25) is 5.28 Å². The lowest BCUT2D eigenvalue weighted by Crippen LogP contribution is -2.47. The summed E-state index contributed by atoms with van der Waals surface area (Å²) in [6, 6.07) is 3.52. The topological polar surface area (TPSA) is 95.8 Å². The predicted molar refractivity (Wildman–Crippen MR) is 119 cm³/mol. The molecular formula is C21H23ClF2N8O. The van der Waals surface area contributed by atoms with Gasteiger partial charge < -0.3 is 4.98 Å². The first-order valence-corrected chi connectivity index (χ1v) is 11.0. The van der Waals surface area contributed by atoms with Gasteiger partial charge in [-0.25, -0.2) is 13.6 Å². The Morgan fingerprint density at radius 2 is 1.97 bits per heavy atom. The minimum atomic E-state index is -0.912. The first kappa shape index (κ1) is 22.8. The Morgan fingerprint density at radius 3 is 2.70 bits per heavy atom. The Morgan fingerprint density at radius 1 is 1.15 bits per heavy atom.